The monoisotopic (exact) mass is 412 g/mol. The number of rotatable bonds is 4. The topological polar surface area (TPSA) is 66.5 Å². The van der Waals surface area contributed by atoms with Crippen LogP contribution in [-0.4, -0.2) is 31.7 Å². The maximum Gasteiger partial charge on any atom is 0.243 e. The molecular weight excluding hydrogens is 395 g/mol. The van der Waals surface area contributed by atoms with Gasteiger partial charge in [-0.3, -0.25) is 4.79 Å². The van der Waals surface area contributed by atoms with Crippen LogP contribution in [0.4, 0.5) is 5.69 Å². The van der Waals surface area contributed by atoms with Gasteiger partial charge in [0.1, 0.15) is 0 Å². The number of carbonyl (C=O) groups excluding carboxylic acids is 1. The van der Waals surface area contributed by atoms with Crippen LogP contribution in [-0.2, 0) is 14.8 Å². The third-order valence-corrected chi connectivity index (χ3v) is 6.58. The number of piperidine rings is 1. The first-order valence-electron chi connectivity index (χ1n) is 8.18. The van der Waals surface area contributed by atoms with Crippen LogP contribution >= 0.6 is 23.2 Å². The first kappa shape index (κ1) is 19.2. The number of carbonyl (C=O) groups is 1. The molecule has 0 bridgehead atoms. The van der Waals surface area contributed by atoms with E-state index in [1.54, 1.807) is 48.5 Å². The zero-order chi connectivity index (χ0) is 18.7. The van der Waals surface area contributed by atoms with E-state index in [1.165, 1.54) is 4.31 Å². The van der Waals surface area contributed by atoms with Crippen LogP contribution in [0.1, 0.15) is 12.8 Å². The summed E-state index contributed by atoms with van der Waals surface area (Å²) in [5.74, 6) is -0.670. The van der Waals surface area contributed by atoms with Crippen molar-refractivity contribution in [3.63, 3.8) is 0 Å². The minimum atomic E-state index is -3.60. The van der Waals surface area contributed by atoms with Crippen molar-refractivity contribution in [2.75, 3.05) is 18.4 Å². The number of halogens is 2. The van der Waals surface area contributed by atoms with Gasteiger partial charge in [-0.05, 0) is 43.2 Å². The van der Waals surface area contributed by atoms with Crippen LogP contribution in [0, 0.1) is 5.92 Å². The normalized spacial score (nSPS) is 18.5. The van der Waals surface area contributed by atoms with Crippen LogP contribution in [0.15, 0.2) is 53.4 Å². The molecule has 2 aromatic carbocycles. The van der Waals surface area contributed by atoms with E-state index in [9.17, 15) is 13.2 Å². The molecule has 1 aliphatic rings. The molecule has 5 nitrogen and oxygen atoms in total. The highest BCUT2D eigenvalue weighted by Gasteiger charge is 2.33. The van der Waals surface area contributed by atoms with Crippen LogP contribution in [0.3, 0.4) is 0 Å². The standard InChI is InChI=1S/C18H18Cl2N2O3S/c19-14-9-15(20)11-16(10-14)21-18(23)13-5-4-8-22(12-13)26(24,25)17-6-2-1-3-7-17/h1-3,6-7,9-11,13H,4-5,8,12H2,(H,21,23)/t13-/m0/s1. The number of benzene rings is 2. The quantitative estimate of drug-likeness (QED) is 0.823. The molecule has 0 radical (unpaired) electrons. The molecule has 0 spiro atoms. The van der Waals surface area contributed by atoms with E-state index in [4.69, 9.17) is 23.2 Å². The Hall–Kier alpha value is -1.60. The summed E-state index contributed by atoms with van der Waals surface area (Å²) < 4.78 is 26.9. The molecule has 1 amide bonds. The predicted octanol–water partition coefficient (Wildman–Crippen LogP) is 4.03. The van der Waals surface area contributed by atoms with Gasteiger partial charge in [-0.25, -0.2) is 8.42 Å². The van der Waals surface area contributed by atoms with Crippen LogP contribution in [0.2, 0.25) is 10.0 Å². The van der Waals surface area contributed by atoms with Crippen molar-refractivity contribution < 1.29 is 13.2 Å². The Bertz CT molecular complexity index is 884. The molecule has 0 aliphatic carbocycles. The fourth-order valence-corrected chi connectivity index (χ4v) is 5.06. The SMILES string of the molecule is O=C(Nc1cc(Cl)cc(Cl)c1)[C@H]1CCCN(S(=O)(=O)c2ccccc2)C1. The van der Waals surface area contributed by atoms with Crippen LogP contribution in [0.5, 0.6) is 0 Å². The first-order valence-corrected chi connectivity index (χ1v) is 10.4. The van der Waals surface area contributed by atoms with Crippen molar-refractivity contribution in [2.24, 2.45) is 5.92 Å². The fraction of sp³-hybridized carbons (Fsp3) is 0.278. The van der Waals surface area contributed by atoms with Crippen molar-refractivity contribution in [2.45, 2.75) is 17.7 Å². The second kappa shape index (κ2) is 7.96. The lowest BCUT2D eigenvalue weighted by Gasteiger charge is -2.31. The number of anilines is 1. The van der Waals surface area contributed by atoms with Crippen molar-refractivity contribution >= 4 is 44.8 Å². The van der Waals surface area contributed by atoms with Gasteiger partial charge in [-0.2, -0.15) is 4.31 Å². The molecule has 1 N–H and O–H groups in total. The maximum absolute atomic E-state index is 12.8. The van der Waals surface area contributed by atoms with E-state index in [0.29, 0.717) is 35.1 Å². The van der Waals surface area contributed by atoms with Gasteiger partial charge < -0.3 is 5.32 Å². The Kier molecular flexibility index (Phi) is 5.87. The van der Waals surface area contributed by atoms with Crippen molar-refractivity contribution in [3.05, 3.63) is 58.6 Å². The Morgan fingerprint density at radius 2 is 1.73 bits per heavy atom. The number of sulfonamides is 1. The largest absolute Gasteiger partial charge is 0.326 e. The van der Waals surface area contributed by atoms with Gasteiger partial charge >= 0.3 is 0 Å². The highest BCUT2D eigenvalue weighted by Crippen LogP contribution is 2.26. The molecule has 0 saturated carbocycles. The maximum atomic E-state index is 12.8. The fourth-order valence-electron chi connectivity index (χ4n) is 2.99. The molecule has 1 saturated heterocycles. The number of hydrogen-bond acceptors (Lipinski definition) is 3. The molecular formula is C18H18Cl2N2O3S. The molecule has 26 heavy (non-hydrogen) atoms. The van der Waals surface area contributed by atoms with Crippen LogP contribution in [0.25, 0.3) is 0 Å². The number of amides is 1. The van der Waals surface area contributed by atoms with Gasteiger partial charge in [0, 0.05) is 28.8 Å². The van der Waals surface area contributed by atoms with Gasteiger partial charge in [0.2, 0.25) is 15.9 Å². The van der Waals surface area contributed by atoms with Crippen molar-refractivity contribution in [1.82, 2.24) is 4.31 Å². The zero-order valence-electron chi connectivity index (χ0n) is 13.9. The minimum absolute atomic E-state index is 0.150. The Balaban J connectivity index is 1.73. The van der Waals surface area contributed by atoms with E-state index < -0.39 is 15.9 Å². The molecule has 138 valence electrons. The van der Waals surface area contributed by atoms with Gasteiger partial charge in [0.05, 0.1) is 10.8 Å². The summed E-state index contributed by atoms with van der Waals surface area (Å²) in [5, 5.41) is 3.62. The minimum Gasteiger partial charge on any atom is -0.326 e. The average molecular weight is 413 g/mol. The summed E-state index contributed by atoms with van der Waals surface area (Å²) >= 11 is 11.9. The van der Waals surface area contributed by atoms with Crippen LogP contribution < -0.4 is 5.32 Å². The second-order valence-electron chi connectivity index (χ2n) is 6.16. The lowest BCUT2D eigenvalue weighted by atomic mass is 9.99. The molecule has 1 atom stereocenters. The van der Waals surface area contributed by atoms with Gasteiger partial charge in [-0.15, -0.1) is 0 Å². The molecule has 3 rings (SSSR count). The summed E-state index contributed by atoms with van der Waals surface area (Å²) in [4.78, 5) is 12.8. The van der Waals surface area contributed by atoms with Gasteiger partial charge in [0.15, 0.2) is 0 Å². The summed E-state index contributed by atoms with van der Waals surface area (Å²) in [6.45, 7) is 0.557. The number of nitrogens with zero attached hydrogens (tertiary/aromatic N) is 1. The van der Waals surface area contributed by atoms with E-state index in [2.05, 4.69) is 5.32 Å². The first-order chi connectivity index (χ1) is 12.4. The highest BCUT2D eigenvalue weighted by molar-refractivity contribution is 7.89. The Morgan fingerprint density at radius 1 is 1.08 bits per heavy atom. The molecule has 0 unspecified atom stereocenters. The molecule has 1 heterocycles. The van der Waals surface area contributed by atoms with E-state index in [1.807, 2.05) is 0 Å². The number of nitrogens with one attached hydrogen (secondary N) is 1. The third kappa shape index (κ3) is 4.38. The Morgan fingerprint density at radius 3 is 2.38 bits per heavy atom. The van der Waals surface area contributed by atoms with Crippen molar-refractivity contribution in [3.8, 4) is 0 Å². The molecule has 1 aliphatic heterocycles. The van der Waals surface area contributed by atoms with E-state index in [-0.39, 0.29) is 17.3 Å². The molecule has 0 aromatic heterocycles. The average Bonchev–Trinajstić information content (AvgIpc) is 2.61. The lowest BCUT2D eigenvalue weighted by Crippen LogP contribution is -2.43. The summed E-state index contributed by atoms with van der Waals surface area (Å²) in [7, 11) is -3.60. The zero-order valence-corrected chi connectivity index (χ0v) is 16.2. The summed E-state index contributed by atoms with van der Waals surface area (Å²) in [5.41, 5.74) is 0.496. The molecule has 2 aromatic rings. The van der Waals surface area contributed by atoms with Gasteiger partial charge in [0.25, 0.3) is 0 Å². The summed E-state index contributed by atoms with van der Waals surface area (Å²) in [6.07, 6.45) is 1.25. The highest BCUT2D eigenvalue weighted by atomic mass is 35.5. The lowest BCUT2D eigenvalue weighted by molar-refractivity contribution is -0.120. The smallest absolute Gasteiger partial charge is 0.243 e. The second-order valence-corrected chi connectivity index (χ2v) is 8.97. The Labute approximate surface area is 163 Å². The summed E-state index contributed by atoms with van der Waals surface area (Å²) in [6, 6.07) is 13.0. The molecule has 8 heteroatoms. The van der Waals surface area contributed by atoms with Gasteiger partial charge in [-0.1, -0.05) is 41.4 Å². The van der Waals surface area contributed by atoms with E-state index in [0.717, 1.165) is 0 Å². The van der Waals surface area contributed by atoms with E-state index >= 15 is 0 Å². The third-order valence-electron chi connectivity index (χ3n) is 4.27. The van der Waals surface area contributed by atoms with Crippen molar-refractivity contribution in [1.29, 1.82) is 0 Å². The predicted molar refractivity (Wildman–Crippen MR) is 103 cm³/mol. The molecule has 1 fully saturated rings. The number of hydrogen-bond donors (Lipinski definition) is 1.